The molecule has 2 heterocycles. The molecule has 0 bridgehead atoms. The molecule has 4 aromatic rings. The fourth-order valence-corrected chi connectivity index (χ4v) is 4.62. The van der Waals surface area contributed by atoms with E-state index in [-0.39, 0.29) is 6.61 Å². The molecule has 1 aliphatic carbocycles. The van der Waals surface area contributed by atoms with Crippen molar-refractivity contribution in [2.24, 2.45) is 0 Å². The van der Waals surface area contributed by atoms with E-state index in [2.05, 4.69) is 50.9 Å². The number of hydrogen-bond acceptors (Lipinski definition) is 5. The second kappa shape index (κ2) is 8.77. The molecule has 2 aromatic heterocycles. The largest absolute Gasteiger partial charge is 0.491 e. The maximum Gasteiger partial charge on any atom is 0.191 e. The molecule has 160 valence electrons. The summed E-state index contributed by atoms with van der Waals surface area (Å²) >= 11 is 1.54. The van der Waals surface area contributed by atoms with Crippen molar-refractivity contribution in [3.05, 3.63) is 60.3 Å². The molecule has 5 rings (SSSR count). The van der Waals surface area contributed by atoms with Crippen molar-refractivity contribution in [1.82, 2.24) is 19.7 Å². The van der Waals surface area contributed by atoms with Gasteiger partial charge in [-0.15, -0.1) is 10.2 Å². The predicted molar refractivity (Wildman–Crippen MR) is 124 cm³/mol. The minimum absolute atomic E-state index is 0.255. The van der Waals surface area contributed by atoms with E-state index in [9.17, 15) is 5.11 Å². The van der Waals surface area contributed by atoms with Crippen LogP contribution in [0.1, 0.15) is 31.4 Å². The summed E-state index contributed by atoms with van der Waals surface area (Å²) in [6.07, 6.45) is 4.70. The van der Waals surface area contributed by atoms with Gasteiger partial charge < -0.3 is 14.8 Å². The lowest BCUT2D eigenvalue weighted by molar-refractivity contribution is 0.126. The summed E-state index contributed by atoms with van der Waals surface area (Å²) in [5, 5.41) is 21.4. The quantitative estimate of drug-likeness (QED) is 0.368. The van der Waals surface area contributed by atoms with Crippen LogP contribution in [0.25, 0.3) is 22.3 Å². The van der Waals surface area contributed by atoms with Gasteiger partial charge in [-0.1, -0.05) is 49.0 Å². The molecule has 0 saturated heterocycles. The highest BCUT2D eigenvalue weighted by molar-refractivity contribution is 7.99. The first-order valence-corrected chi connectivity index (χ1v) is 11.8. The number of aromatic nitrogens is 4. The lowest BCUT2D eigenvalue weighted by Crippen LogP contribution is -2.20. The first-order chi connectivity index (χ1) is 15.2. The molecule has 31 heavy (non-hydrogen) atoms. The Labute approximate surface area is 185 Å². The van der Waals surface area contributed by atoms with Gasteiger partial charge in [-0.3, -0.25) is 4.57 Å². The van der Waals surface area contributed by atoms with Gasteiger partial charge in [0.15, 0.2) is 11.0 Å². The molecule has 1 atom stereocenters. The van der Waals surface area contributed by atoms with Crippen molar-refractivity contribution >= 4 is 22.7 Å². The normalized spacial score (nSPS) is 14.8. The fraction of sp³-hybridized carbons (Fsp3) is 0.333. The van der Waals surface area contributed by atoms with E-state index >= 15 is 0 Å². The van der Waals surface area contributed by atoms with Crippen LogP contribution in [0.5, 0.6) is 5.75 Å². The Hall–Kier alpha value is -2.77. The van der Waals surface area contributed by atoms with Gasteiger partial charge in [-0.2, -0.15) is 0 Å². The van der Waals surface area contributed by atoms with Crippen molar-refractivity contribution in [3.8, 4) is 17.1 Å². The number of para-hydroxylation sites is 1. The molecular weight excluding hydrogens is 408 g/mol. The zero-order chi connectivity index (χ0) is 21.2. The van der Waals surface area contributed by atoms with E-state index in [0.29, 0.717) is 11.8 Å². The molecule has 1 aliphatic rings. The molecule has 2 N–H and O–H groups in total. The lowest BCUT2D eigenvalue weighted by atomic mass is 10.1. The molecule has 1 saturated carbocycles. The van der Waals surface area contributed by atoms with Gasteiger partial charge in [0.2, 0.25) is 0 Å². The molecule has 2 aromatic carbocycles. The standard InChI is InChI=1S/C24H26N4O2S/c1-2-16-7-11-19(12-8-16)30-14-18(29)15-31-24-27-26-23(28(24)17-9-10-17)21-13-25-22-6-4-3-5-20(21)22/h3-8,11-13,17-18,25,29H,2,9-10,14-15H2,1H3. The van der Waals surface area contributed by atoms with E-state index in [1.807, 2.05) is 30.5 Å². The van der Waals surface area contributed by atoms with Crippen LogP contribution < -0.4 is 4.74 Å². The first kappa shape index (κ1) is 20.2. The summed E-state index contributed by atoms with van der Waals surface area (Å²) in [5.74, 6) is 2.18. The number of aryl methyl sites for hydroxylation is 1. The minimum atomic E-state index is -0.586. The van der Waals surface area contributed by atoms with Crippen LogP contribution in [0.2, 0.25) is 0 Å². The van der Waals surface area contributed by atoms with E-state index in [0.717, 1.165) is 52.5 Å². The zero-order valence-corrected chi connectivity index (χ0v) is 18.3. The third-order valence-corrected chi connectivity index (χ3v) is 6.67. The number of rotatable bonds is 9. The van der Waals surface area contributed by atoms with Crippen molar-refractivity contribution in [1.29, 1.82) is 0 Å². The molecule has 7 heteroatoms. The second-order valence-electron chi connectivity index (χ2n) is 7.93. The summed E-state index contributed by atoms with van der Waals surface area (Å²) in [7, 11) is 0. The number of hydrogen-bond donors (Lipinski definition) is 2. The molecule has 1 unspecified atom stereocenters. The van der Waals surface area contributed by atoms with Crippen LogP contribution in [-0.4, -0.2) is 43.3 Å². The highest BCUT2D eigenvalue weighted by Gasteiger charge is 2.31. The van der Waals surface area contributed by atoms with E-state index in [1.165, 1.54) is 17.3 Å². The molecule has 0 radical (unpaired) electrons. The van der Waals surface area contributed by atoms with E-state index in [4.69, 9.17) is 4.74 Å². The zero-order valence-electron chi connectivity index (χ0n) is 17.5. The van der Waals surface area contributed by atoms with Crippen molar-refractivity contribution < 1.29 is 9.84 Å². The number of aliphatic hydroxyl groups is 1. The number of nitrogens with one attached hydrogen (secondary N) is 1. The lowest BCUT2D eigenvalue weighted by Gasteiger charge is -2.13. The Morgan fingerprint density at radius 2 is 1.97 bits per heavy atom. The Bertz CT molecular complexity index is 1160. The average molecular weight is 435 g/mol. The van der Waals surface area contributed by atoms with Crippen LogP contribution in [0, 0.1) is 0 Å². The minimum Gasteiger partial charge on any atom is -0.491 e. The summed E-state index contributed by atoms with van der Waals surface area (Å²) < 4.78 is 7.98. The van der Waals surface area contributed by atoms with Gasteiger partial charge in [0.1, 0.15) is 12.4 Å². The summed E-state index contributed by atoms with van der Waals surface area (Å²) in [6.45, 7) is 2.38. The molecule has 0 aliphatic heterocycles. The van der Waals surface area contributed by atoms with Gasteiger partial charge in [0.25, 0.3) is 0 Å². The van der Waals surface area contributed by atoms with E-state index < -0.39 is 6.10 Å². The molecule has 0 amide bonds. The van der Waals surface area contributed by atoms with Gasteiger partial charge in [0, 0.05) is 34.5 Å². The topological polar surface area (TPSA) is 76.0 Å². The third-order valence-electron chi connectivity index (χ3n) is 5.59. The first-order valence-electron chi connectivity index (χ1n) is 10.8. The highest BCUT2D eigenvalue weighted by atomic mass is 32.2. The Kier molecular flexibility index (Phi) is 5.70. The number of ether oxygens (including phenoxy) is 1. The number of aromatic amines is 1. The number of H-pyrrole nitrogens is 1. The Balaban J connectivity index is 1.26. The monoisotopic (exact) mass is 434 g/mol. The molecular formula is C24H26N4O2S. The molecule has 6 nitrogen and oxygen atoms in total. The van der Waals surface area contributed by atoms with Crippen LogP contribution in [0.15, 0.2) is 59.9 Å². The fourth-order valence-electron chi connectivity index (χ4n) is 3.71. The Morgan fingerprint density at radius 1 is 1.16 bits per heavy atom. The van der Waals surface area contributed by atoms with Gasteiger partial charge in [0.05, 0.1) is 6.10 Å². The summed E-state index contributed by atoms with van der Waals surface area (Å²) in [6, 6.07) is 16.7. The number of nitrogens with zero attached hydrogens (tertiary/aromatic N) is 3. The number of thioether (sulfide) groups is 1. The predicted octanol–water partition coefficient (Wildman–Crippen LogP) is 4.86. The third kappa shape index (κ3) is 4.34. The maximum atomic E-state index is 10.4. The van der Waals surface area contributed by atoms with Crippen LogP contribution >= 0.6 is 11.8 Å². The summed E-state index contributed by atoms with van der Waals surface area (Å²) in [4.78, 5) is 3.33. The van der Waals surface area contributed by atoms with Crippen LogP contribution in [0.4, 0.5) is 0 Å². The van der Waals surface area contributed by atoms with Gasteiger partial charge >= 0.3 is 0 Å². The second-order valence-corrected chi connectivity index (χ2v) is 8.92. The van der Waals surface area contributed by atoms with Gasteiger partial charge in [-0.25, -0.2) is 0 Å². The van der Waals surface area contributed by atoms with Crippen LogP contribution in [-0.2, 0) is 6.42 Å². The van der Waals surface area contributed by atoms with Gasteiger partial charge in [-0.05, 0) is 43.0 Å². The maximum absolute atomic E-state index is 10.4. The number of fused-ring (bicyclic) bond motifs is 1. The van der Waals surface area contributed by atoms with Crippen molar-refractivity contribution in [2.45, 2.75) is 43.5 Å². The number of benzene rings is 2. The number of aliphatic hydroxyl groups excluding tert-OH is 1. The Morgan fingerprint density at radius 3 is 2.74 bits per heavy atom. The SMILES string of the molecule is CCc1ccc(OCC(O)CSc2nnc(-c3c[nH]c4ccccc34)n2C2CC2)cc1. The van der Waals surface area contributed by atoms with Crippen LogP contribution in [0.3, 0.4) is 0 Å². The molecule has 1 fully saturated rings. The van der Waals surface area contributed by atoms with Crippen molar-refractivity contribution in [3.63, 3.8) is 0 Å². The summed E-state index contributed by atoms with van der Waals surface area (Å²) in [5.41, 5.74) is 3.44. The van der Waals surface area contributed by atoms with Crippen molar-refractivity contribution in [2.75, 3.05) is 12.4 Å². The highest BCUT2D eigenvalue weighted by Crippen LogP contribution is 2.42. The smallest absolute Gasteiger partial charge is 0.191 e. The average Bonchev–Trinajstić information content (AvgIpc) is 3.42. The molecule has 0 spiro atoms. The van der Waals surface area contributed by atoms with E-state index in [1.54, 1.807) is 0 Å².